The van der Waals surface area contributed by atoms with Crippen molar-refractivity contribution in [1.29, 1.82) is 0 Å². The van der Waals surface area contributed by atoms with E-state index < -0.39 is 0 Å². The smallest absolute Gasteiger partial charge is 0.188 e. The minimum atomic E-state index is 0.734. The van der Waals surface area contributed by atoms with E-state index in [4.69, 9.17) is 11.6 Å². The van der Waals surface area contributed by atoms with Gasteiger partial charge in [0.2, 0.25) is 0 Å². The van der Waals surface area contributed by atoms with Crippen LogP contribution in [0.1, 0.15) is 0 Å². The van der Waals surface area contributed by atoms with Crippen LogP contribution in [0.25, 0.3) is 10.2 Å². The minimum absolute atomic E-state index is 0.734. The molecule has 1 aromatic heterocycles. The molecule has 3 aromatic rings. The monoisotopic (exact) mass is 416 g/mol. The first kappa shape index (κ1) is 13.4. The average Bonchev–Trinajstić information content (AvgIpc) is 2.77. The number of aromatic nitrogens is 1. The molecular formula is C13H7Br2ClN2S. The lowest BCUT2D eigenvalue weighted by atomic mass is 10.3. The van der Waals surface area contributed by atoms with Gasteiger partial charge >= 0.3 is 0 Å². The Balaban J connectivity index is 1.99. The van der Waals surface area contributed by atoms with Crippen LogP contribution in [0.5, 0.6) is 0 Å². The van der Waals surface area contributed by atoms with Gasteiger partial charge in [-0.1, -0.05) is 44.9 Å². The van der Waals surface area contributed by atoms with Crippen LogP contribution in [0, 0.1) is 0 Å². The van der Waals surface area contributed by atoms with E-state index in [0.717, 1.165) is 35.0 Å². The summed E-state index contributed by atoms with van der Waals surface area (Å²) in [6, 6.07) is 11.7. The van der Waals surface area contributed by atoms with Crippen LogP contribution in [0.15, 0.2) is 45.3 Å². The van der Waals surface area contributed by atoms with E-state index in [0.29, 0.717) is 0 Å². The van der Waals surface area contributed by atoms with Gasteiger partial charge in [-0.3, -0.25) is 0 Å². The predicted molar refractivity (Wildman–Crippen MR) is 89.8 cm³/mol. The number of nitrogens with one attached hydrogen (secondary N) is 1. The lowest BCUT2D eigenvalue weighted by molar-refractivity contribution is 1.43. The molecule has 3 rings (SSSR count). The van der Waals surface area contributed by atoms with Crippen molar-refractivity contribution in [3.63, 3.8) is 0 Å². The molecule has 1 heterocycles. The Hall–Kier alpha value is -0.620. The molecule has 0 saturated heterocycles. The molecule has 2 nitrogen and oxygen atoms in total. The van der Waals surface area contributed by atoms with Crippen molar-refractivity contribution in [1.82, 2.24) is 4.98 Å². The van der Waals surface area contributed by atoms with Crippen LogP contribution in [-0.4, -0.2) is 4.98 Å². The van der Waals surface area contributed by atoms with Gasteiger partial charge in [-0.15, -0.1) is 0 Å². The molecule has 0 saturated carbocycles. The second-order valence-corrected chi connectivity index (χ2v) is 7.03. The molecular weight excluding hydrogens is 411 g/mol. The molecule has 0 bridgehead atoms. The Labute approximate surface area is 136 Å². The van der Waals surface area contributed by atoms with Gasteiger partial charge in [0.15, 0.2) is 5.13 Å². The van der Waals surface area contributed by atoms with Crippen LogP contribution in [0.3, 0.4) is 0 Å². The molecule has 0 unspecified atom stereocenters. The van der Waals surface area contributed by atoms with E-state index in [1.54, 1.807) is 11.3 Å². The van der Waals surface area contributed by atoms with E-state index in [1.807, 2.05) is 36.4 Å². The summed E-state index contributed by atoms with van der Waals surface area (Å²) in [5.74, 6) is 0. The molecule has 1 N–H and O–H groups in total. The summed E-state index contributed by atoms with van der Waals surface area (Å²) in [7, 11) is 0. The van der Waals surface area contributed by atoms with Gasteiger partial charge in [-0.25, -0.2) is 4.98 Å². The molecule has 19 heavy (non-hydrogen) atoms. The van der Waals surface area contributed by atoms with E-state index in [2.05, 4.69) is 42.2 Å². The Bertz CT molecular complexity index is 757. The second kappa shape index (κ2) is 5.40. The lowest BCUT2D eigenvalue weighted by Gasteiger charge is -2.05. The molecule has 96 valence electrons. The molecule has 0 aliphatic carbocycles. The number of nitrogens with zero attached hydrogens (tertiary/aromatic N) is 1. The van der Waals surface area contributed by atoms with Crippen molar-refractivity contribution in [2.24, 2.45) is 0 Å². The summed E-state index contributed by atoms with van der Waals surface area (Å²) in [6.07, 6.45) is 0. The molecule has 0 spiro atoms. The topological polar surface area (TPSA) is 24.9 Å². The quantitative estimate of drug-likeness (QED) is 0.534. The second-order valence-electron chi connectivity index (χ2n) is 3.86. The maximum absolute atomic E-state index is 6.15. The van der Waals surface area contributed by atoms with Crippen molar-refractivity contribution in [3.8, 4) is 0 Å². The zero-order valence-corrected chi connectivity index (χ0v) is 14.2. The SMILES string of the molecule is Clc1cccc2nc(Nc3ccc(Br)cc3Br)sc12. The van der Waals surface area contributed by atoms with Crippen molar-refractivity contribution in [3.05, 3.63) is 50.4 Å². The third-order valence-electron chi connectivity index (χ3n) is 2.54. The molecule has 0 amide bonds. The van der Waals surface area contributed by atoms with E-state index in [-0.39, 0.29) is 0 Å². The van der Waals surface area contributed by atoms with Crippen LogP contribution in [-0.2, 0) is 0 Å². The molecule has 6 heteroatoms. The fraction of sp³-hybridized carbons (Fsp3) is 0. The average molecular weight is 419 g/mol. The molecule has 0 fully saturated rings. The number of hydrogen-bond donors (Lipinski definition) is 1. The van der Waals surface area contributed by atoms with Gasteiger partial charge in [-0.05, 0) is 46.3 Å². The maximum atomic E-state index is 6.15. The highest BCUT2D eigenvalue weighted by Gasteiger charge is 2.08. The summed E-state index contributed by atoms with van der Waals surface area (Å²) < 4.78 is 3.00. The maximum Gasteiger partial charge on any atom is 0.188 e. The van der Waals surface area contributed by atoms with Gasteiger partial charge in [-0.2, -0.15) is 0 Å². The van der Waals surface area contributed by atoms with E-state index in [9.17, 15) is 0 Å². The normalized spacial score (nSPS) is 10.9. The van der Waals surface area contributed by atoms with Crippen LogP contribution in [0.4, 0.5) is 10.8 Å². The number of thiazole rings is 1. The Kier molecular flexibility index (Phi) is 3.80. The number of hydrogen-bond acceptors (Lipinski definition) is 3. The van der Waals surface area contributed by atoms with E-state index in [1.165, 1.54) is 0 Å². The summed E-state index contributed by atoms with van der Waals surface area (Å²) in [5, 5.41) is 4.86. The summed E-state index contributed by atoms with van der Waals surface area (Å²) in [6.45, 7) is 0. The number of anilines is 2. The zero-order valence-electron chi connectivity index (χ0n) is 9.45. The molecule has 0 radical (unpaired) electrons. The molecule has 0 aliphatic heterocycles. The first-order valence-corrected chi connectivity index (χ1v) is 8.18. The Morgan fingerprint density at radius 2 is 2.00 bits per heavy atom. The van der Waals surface area contributed by atoms with Crippen LogP contribution >= 0.6 is 54.8 Å². The first-order chi connectivity index (χ1) is 9.13. The van der Waals surface area contributed by atoms with Crippen molar-refractivity contribution in [2.75, 3.05) is 5.32 Å². The largest absolute Gasteiger partial charge is 0.331 e. The summed E-state index contributed by atoms with van der Waals surface area (Å²) in [4.78, 5) is 4.52. The summed E-state index contributed by atoms with van der Waals surface area (Å²) >= 11 is 14.6. The highest BCUT2D eigenvalue weighted by Crippen LogP contribution is 2.35. The van der Waals surface area contributed by atoms with Crippen molar-refractivity contribution < 1.29 is 0 Å². The van der Waals surface area contributed by atoms with E-state index >= 15 is 0 Å². The highest BCUT2D eigenvalue weighted by atomic mass is 79.9. The number of halogens is 3. The Morgan fingerprint density at radius 1 is 1.16 bits per heavy atom. The number of rotatable bonds is 2. The van der Waals surface area contributed by atoms with Gasteiger partial charge in [0.25, 0.3) is 0 Å². The molecule has 0 aliphatic rings. The van der Waals surface area contributed by atoms with Crippen LogP contribution in [0.2, 0.25) is 5.02 Å². The highest BCUT2D eigenvalue weighted by molar-refractivity contribution is 9.11. The first-order valence-electron chi connectivity index (χ1n) is 5.40. The zero-order chi connectivity index (χ0) is 13.4. The predicted octanol–water partition coefficient (Wildman–Crippen LogP) is 6.22. The molecule has 2 aromatic carbocycles. The fourth-order valence-electron chi connectivity index (χ4n) is 1.67. The van der Waals surface area contributed by atoms with Crippen molar-refractivity contribution in [2.45, 2.75) is 0 Å². The third-order valence-corrected chi connectivity index (χ3v) is 5.14. The van der Waals surface area contributed by atoms with Gasteiger partial charge in [0.05, 0.1) is 20.9 Å². The number of benzene rings is 2. The number of fused-ring (bicyclic) bond motifs is 1. The van der Waals surface area contributed by atoms with Crippen molar-refractivity contribution >= 4 is 75.8 Å². The van der Waals surface area contributed by atoms with Crippen LogP contribution < -0.4 is 5.32 Å². The van der Waals surface area contributed by atoms with Gasteiger partial charge in [0.1, 0.15) is 0 Å². The summed E-state index contributed by atoms with van der Waals surface area (Å²) in [5.41, 5.74) is 1.88. The molecule has 0 atom stereocenters. The van der Waals surface area contributed by atoms with Gasteiger partial charge in [0, 0.05) is 8.95 Å². The van der Waals surface area contributed by atoms with Gasteiger partial charge < -0.3 is 5.32 Å². The fourth-order valence-corrected chi connectivity index (χ4v) is 3.99. The Morgan fingerprint density at radius 3 is 2.74 bits per heavy atom. The standard InChI is InChI=1S/C13H7Br2ClN2S/c14-7-4-5-10(8(15)6-7)17-13-18-11-3-1-2-9(16)12(11)19-13/h1-6H,(H,17,18). The third kappa shape index (κ3) is 2.79. The minimum Gasteiger partial charge on any atom is -0.331 e. The lowest BCUT2D eigenvalue weighted by Crippen LogP contribution is -1.90.